The molecule has 0 spiro atoms. The summed E-state index contributed by atoms with van der Waals surface area (Å²) in [6.07, 6.45) is 1.70. The van der Waals surface area contributed by atoms with E-state index < -0.39 is 0 Å². The minimum atomic E-state index is -0.311. The summed E-state index contributed by atoms with van der Waals surface area (Å²) in [5, 5.41) is 13.3. The Morgan fingerprint density at radius 1 is 1.00 bits per heavy atom. The molecule has 2 N–H and O–H groups in total. The van der Waals surface area contributed by atoms with Crippen LogP contribution in [0.2, 0.25) is 0 Å². The molecule has 0 saturated carbocycles. The molecule has 3 aromatic carbocycles. The van der Waals surface area contributed by atoms with Crippen LogP contribution >= 0.6 is 0 Å². The number of hydrogen-bond donors (Lipinski definition) is 2. The van der Waals surface area contributed by atoms with Crippen molar-refractivity contribution in [2.24, 2.45) is 5.92 Å². The van der Waals surface area contributed by atoms with E-state index in [1.165, 1.54) is 23.3 Å². The van der Waals surface area contributed by atoms with E-state index in [1.54, 1.807) is 12.1 Å². The largest absolute Gasteiger partial charge is 0.394 e. The Morgan fingerprint density at radius 2 is 1.74 bits per heavy atom. The maximum Gasteiger partial charge on any atom is 0.318 e. The quantitative estimate of drug-likeness (QED) is 0.559. The van der Waals surface area contributed by atoms with Gasteiger partial charge in [-0.3, -0.25) is 4.90 Å². The topological polar surface area (TPSA) is 55.8 Å². The van der Waals surface area contributed by atoms with Gasteiger partial charge < -0.3 is 15.3 Å². The summed E-state index contributed by atoms with van der Waals surface area (Å²) in [5.41, 5.74) is 4.42. The van der Waals surface area contributed by atoms with E-state index in [9.17, 15) is 14.3 Å². The van der Waals surface area contributed by atoms with Crippen molar-refractivity contribution >= 4 is 6.03 Å². The second kappa shape index (κ2) is 10.6. The van der Waals surface area contributed by atoms with Crippen molar-refractivity contribution in [3.05, 3.63) is 107 Å². The molecule has 1 fully saturated rings. The molecule has 1 saturated heterocycles. The van der Waals surface area contributed by atoms with E-state index in [2.05, 4.69) is 28.4 Å². The number of carbonyl (C=O) groups is 1. The van der Waals surface area contributed by atoms with E-state index in [1.807, 2.05) is 41.3 Å². The number of aliphatic hydroxyl groups excluding tert-OH is 1. The summed E-state index contributed by atoms with van der Waals surface area (Å²) in [6, 6.07) is 24.1. The Labute approximate surface area is 206 Å². The van der Waals surface area contributed by atoms with Gasteiger partial charge in [0.15, 0.2) is 0 Å². The normalized spacial score (nSPS) is 20.9. The van der Waals surface area contributed by atoms with Gasteiger partial charge in [-0.05, 0) is 59.7 Å². The maximum atomic E-state index is 13.6. The highest BCUT2D eigenvalue weighted by Crippen LogP contribution is 2.35. The van der Waals surface area contributed by atoms with Gasteiger partial charge in [0.25, 0.3) is 0 Å². The molecule has 2 amide bonds. The molecule has 0 aromatic heterocycles. The van der Waals surface area contributed by atoms with Crippen LogP contribution in [0.25, 0.3) is 0 Å². The number of urea groups is 1. The fraction of sp³-hybridized carbons (Fsp3) is 0.345. The van der Waals surface area contributed by atoms with E-state index in [0.717, 1.165) is 43.6 Å². The first-order valence-corrected chi connectivity index (χ1v) is 12.4. The van der Waals surface area contributed by atoms with Crippen molar-refractivity contribution in [3.63, 3.8) is 0 Å². The van der Waals surface area contributed by atoms with Gasteiger partial charge in [0.2, 0.25) is 0 Å². The van der Waals surface area contributed by atoms with Crippen LogP contribution in [-0.2, 0) is 13.0 Å². The third-order valence-electron chi connectivity index (χ3n) is 7.36. The van der Waals surface area contributed by atoms with Gasteiger partial charge in [-0.15, -0.1) is 0 Å². The molecule has 182 valence electrons. The zero-order chi connectivity index (χ0) is 24.2. The van der Waals surface area contributed by atoms with E-state index in [4.69, 9.17) is 0 Å². The van der Waals surface area contributed by atoms with E-state index >= 15 is 0 Å². The Morgan fingerprint density at radius 3 is 2.51 bits per heavy atom. The average Bonchev–Trinajstić information content (AvgIpc) is 3.35. The van der Waals surface area contributed by atoms with Crippen molar-refractivity contribution < 1.29 is 14.3 Å². The van der Waals surface area contributed by atoms with Crippen LogP contribution < -0.4 is 5.32 Å². The molecule has 6 heteroatoms. The summed E-state index contributed by atoms with van der Waals surface area (Å²) in [4.78, 5) is 17.8. The number of halogens is 1. The van der Waals surface area contributed by atoms with Gasteiger partial charge in [0.05, 0.1) is 18.7 Å². The fourth-order valence-corrected chi connectivity index (χ4v) is 5.52. The monoisotopic (exact) mass is 473 g/mol. The van der Waals surface area contributed by atoms with E-state index in [0.29, 0.717) is 6.54 Å². The summed E-state index contributed by atoms with van der Waals surface area (Å²) in [5.74, 6) is -0.107. The Hall–Kier alpha value is -3.22. The molecule has 2 aliphatic heterocycles. The van der Waals surface area contributed by atoms with Crippen LogP contribution in [0.3, 0.4) is 0 Å². The highest BCUT2D eigenvalue weighted by Gasteiger charge is 2.35. The first-order chi connectivity index (χ1) is 17.1. The SMILES string of the molecule is O=C(NC(CO)C1CCN(Cc2ccccc2)C1)N1CCc2ccccc2[C@@H]1c1ccc(F)cc1. The molecule has 3 aromatic rings. The van der Waals surface area contributed by atoms with Gasteiger partial charge >= 0.3 is 6.03 Å². The van der Waals surface area contributed by atoms with E-state index in [-0.39, 0.29) is 36.5 Å². The molecule has 0 aliphatic carbocycles. The predicted molar refractivity (Wildman–Crippen MR) is 134 cm³/mol. The number of likely N-dealkylation sites (tertiary alicyclic amines) is 1. The first kappa shape index (κ1) is 23.5. The second-order valence-electron chi connectivity index (χ2n) is 9.60. The van der Waals surface area contributed by atoms with Crippen LogP contribution in [0.1, 0.15) is 34.7 Å². The Bertz CT molecular complexity index is 1140. The van der Waals surface area contributed by atoms with Crippen molar-refractivity contribution in [2.75, 3.05) is 26.2 Å². The van der Waals surface area contributed by atoms with Gasteiger partial charge in [-0.25, -0.2) is 9.18 Å². The summed E-state index contributed by atoms with van der Waals surface area (Å²) >= 11 is 0. The number of fused-ring (bicyclic) bond motifs is 1. The molecule has 0 radical (unpaired) electrons. The highest BCUT2D eigenvalue weighted by atomic mass is 19.1. The lowest BCUT2D eigenvalue weighted by Crippen LogP contribution is -2.52. The van der Waals surface area contributed by atoms with Crippen molar-refractivity contribution in [1.29, 1.82) is 0 Å². The van der Waals surface area contributed by atoms with Crippen LogP contribution in [0.15, 0.2) is 78.9 Å². The number of rotatable bonds is 6. The minimum absolute atomic E-state index is 0.0960. The molecular weight excluding hydrogens is 441 g/mol. The van der Waals surface area contributed by atoms with Gasteiger partial charge in [0, 0.05) is 19.6 Å². The molecule has 2 heterocycles. The predicted octanol–water partition coefficient (Wildman–Crippen LogP) is 4.37. The van der Waals surface area contributed by atoms with Crippen LogP contribution in [-0.4, -0.2) is 53.2 Å². The van der Waals surface area contributed by atoms with Crippen molar-refractivity contribution in [1.82, 2.24) is 15.1 Å². The highest BCUT2D eigenvalue weighted by molar-refractivity contribution is 5.76. The number of aliphatic hydroxyl groups is 1. The number of hydrogen-bond acceptors (Lipinski definition) is 3. The molecule has 3 atom stereocenters. The molecule has 35 heavy (non-hydrogen) atoms. The standard InChI is InChI=1S/C29H32FN3O2/c30-25-12-10-23(11-13-25)28-26-9-5-4-8-22(26)15-17-33(28)29(35)31-27(20-34)24-14-16-32(19-24)18-21-6-2-1-3-7-21/h1-13,24,27-28,34H,14-20H2,(H,31,35)/t24?,27?,28-/m0/s1. The van der Waals surface area contributed by atoms with Crippen LogP contribution in [0, 0.1) is 11.7 Å². The number of nitrogens with one attached hydrogen (secondary N) is 1. The molecule has 5 rings (SSSR count). The lowest BCUT2D eigenvalue weighted by atomic mass is 9.88. The third kappa shape index (κ3) is 5.24. The molecule has 5 nitrogen and oxygen atoms in total. The second-order valence-corrected chi connectivity index (χ2v) is 9.60. The van der Waals surface area contributed by atoms with Crippen molar-refractivity contribution in [3.8, 4) is 0 Å². The molecule has 2 unspecified atom stereocenters. The average molecular weight is 474 g/mol. The Kier molecular flexibility index (Phi) is 7.11. The molecule has 0 bridgehead atoms. The number of nitrogens with zero attached hydrogens (tertiary/aromatic N) is 2. The number of amides is 2. The van der Waals surface area contributed by atoms with Gasteiger partial charge in [-0.2, -0.15) is 0 Å². The van der Waals surface area contributed by atoms with Crippen LogP contribution in [0.5, 0.6) is 0 Å². The summed E-state index contributed by atoms with van der Waals surface area (Å²) in [6.45, 7) is 3.12. The first-order valence-electron chi connectivity index (χ1n) is 12.4. The zero-order valence-corrected chi connectivity index (χ0v) is 19.8. The number of carbonyl (C=O) groups excluding carboxylic acids is 1. The van der Waals surface area contributed by atoms with Gasteiger partial charge in [-0.1, -0.05) is 66.7 Å². The summed E-state index contributed by atoms with van der Waals surface area (Å²) < 4.78 is 13.6. The zero-order valence-electron chi connectivity index (χ0n) is 19.8. The Balaban J connectivity index is 1.30. The maximum absolute atomic E-state index is 13.6. The lowest BCUT2D eigenvalue weighted by Gasteiger charge is -2.39. The van der Waals surface area contributed by atoms with Crippen LogP contribution in [0.4, 0.5) is 9.18 Å². The lowest BCUT2D eigenvalue weighted by molar-refractivity contribution is 0.153. The fourth-order valence-electron chi connectivity index (χ4n) is 5.52. The third-order valence-corrected chi connectivity index (χ3v) is 7.36. The number of benzene rings is 3. The molecular formula is C29H32FN3O2. The minimum Gasteiger partial charge on any atom is -0.394 e. The van der Waals surface area contributed by atoms with Crippen molar-refractivity contribution in [2.45, 2.75) is 31.5 Å². The molecule has 2 aliphatic rings. The smallest absolute Gasteiger partial charge is 0.318 e. The van der Waals surface area contributed by atoms with Gasteiger partial charge in [0.1, 0.15) is 5.82 Å². The summed E-state index contributed by atoms with van der Waals surface area (Å²) in [7, 11) is 0.